The van der Waals surface area contributed by atoms with Crippen LogP contribution in [0.5, 0.6) is 5.75 Å². The largest absolute Gasteiger partial charge is 0.482 e. The van der Waals surface area contributed by atoms with E-state index in [-0.39, 0.29) is 34.4 Å². The molecule has 0 radical (unpaired) electrons. The molecule has 0 atom stereocenters. The normalized spacial score (nSPS) is 11.6. The van der Waals surface area contributed by atoms with Crippen LogP contribution in [0.3, 0.4) is 0 Å². The van der Waals surface area contributed by atoms with Gasteiger partial charge in [-0.1, -0.05) is 34.8 Å². The van der Waals surface area contributed by atoms with Crippen LogP contribution in [0.25, 0.3) is 11.1 Å². The highest BCUT2D eigenvalue weighted by Crippen LogP contribution is 2.47. The molecule has 1 aromatic heterocycles. The molecule has 154 valence electrons. The molecule has 0 aliphatic rings. The summed E-state index contributed by atoms with van der Waals surface area (Å²) < 4.78 is 60.1. The summed E-state index contributed by atoms with van der Waals surface area (Å²) in [6.45, 7) is 1.82. The Balaban J connectivity index is 2.52. The van der Waals surface area contributed by atoms with Gasteiger partial charge in [0.15, 0.2) is 6.61 Å². The Hall–Kier alpha value is -1.64. The molecule has 2 aromatic rings. The number of hydrogen-bond donors (Lipinski definition) is 0. The van der Waals surface area contributed by atoms with Crippen LogP contribution in [0, 0.1) is 5.82 Å². The molecular formula is C17H15Cl3F4N2O2. The quantitative estimate of drug-likeness (QED) is 0.538. The summed E-state index contributed by atoms with van der Waals surface area (Å²) in [6.07, 6.45) is -4.80. The second kappa shape index (κ2) is 8.39. The van der Waals surface area contributed by atoms with Crippen LogP contribution >= 0.6 is 34.8 Å². The number of likely N-dealkylation sites (N-methyl/N-ethyl adjacent to an activating group) is 1. The number of carbonyl (C=O) groups is 1. The second-order valence-corrected chi connectivity index (χ2v) is 6.99. The number of alkyl halides is 3. The maximum absolute atomic E-state index is 14.5. The van der Waals surface area contributed by atoms with Crippen LogP contribution in [-0.4, -0.2) is 35.6 Å². The van der Waals surface area contributed by atoms with E-state index in [0.717, 1.165) is 19.2 Å². The van der Waals surface area contributed by atoms with Crippen molar-refractivity contribution in [3.8, 4) is 16.9 Å². The second-order valence-electron chi connectivity index (χ2n) is 5.84. The van der Waals surface area contributed by atoms with Crippen molar-refractivity contribution in [1.82, 2.24) is 9.47 Å². The summed E-state index contributed by atoms with van der Waals surface area (Å²) in [4.78, 5) is 13.2. The van der Waals surface area contributed by atoms with E-state index < -0.39 is 27.9 Å². The monoisotopic (exact) mass is 460 g/mol. The summed E-state index contributed by atoms with van der Waals surface area (Å²) in [5.74, 6) is -1.41. The lowest BCUT2D eigenvalue weighted by atomic mass is 10.1. The smallest absolute Gasteiger partial charge is 0.432 e. The molecule has 1 amide bonds. The minimum atomic E-state index is -4.80. The van der Waals surface area contributed by atoms with Gasteiger partial charge >= 0.3 is 6.18 Å². The van der Waals surface area contributed by atoms with Gasteiger partial charge in [-0.05, 0) is 19.1 Å². The molecule has 11 heteroatoms. The first-order chi connectivity index (χ1) is 12.9. The lowest BCUT2D eigenvalue weighted by Crippen LogP contribution is -2.31. The number of carbonyl (C=O) groups excluding carboxylic acids is 1. The third-order valence-electron chi connectivity index (χ3n) is 4.07. The van der Waals surface area contributed by atoms with Crippen molar-refractivity contribution in [3.63, 3.8) is 0 Å². The Labute approximate surface area is 173 Å². The predicted octanol–water partition coefficient (Wildman–Crippen LogP) is 5.67. The lowest BCUT2D eigenvalue weighted by molar-refractivity contribution is -0.143. The van der Waals surface area contributed by atoms with Gasteiger partial charge in [0, 0.05) is 31.8 Å². The maximum atomic E-state index is 14.5. The minimum Gasteiger partial charge on any atom is -0.482 e. The zero-order valence-electron chi connectivity index (χ0n) is 14.9. The van der Waals surface area contributed by atoms with Crippen LogP contribution in [0.4, 0.5) is 17.6 Å². The standard InChI is InChI=1S/C17H15Cl3F4N2O2/c1-4-25(2)12(27)7-28-11-5-8(10(21)6-9(11)18)13-14(19)15(17(22,23)24)26(3)16(13)20/h5-6H,4,7H2,1-3H3. The van der Waals surface area contributed by atoms with Gasteiger partial charge in [-0.3, -0.25) is 4.79 Å². The molecule has 1 heterocycles. The summed E-state index contributed by atoms with van der Waals surface area (Å²) in [6, 6.07) is 1.91. The van der Waals surface area contributed by atoms with E-state index in [4.69, 9.17) is 39.5 Å². The molecule has 1 aromatic carbocycles. The maximum Gasteiger partial charge on any atom is 0.432 e. The van der Waals surface area contributed by atoms with Crippen molar-refractivity contribution in [2.75, 3.05) is 20.2 Å². The first-order valence-electron chi connectivity index (χ1n) is 7.87. The van der Waals surface area contributed by atoms with Gasteiger partial charge in [-0.25, -0.2) is 4.39 Å². The van der Waals surface area contributed by atoms with Crippen molar-refractivity contribution < 1.29 is 27.1 Å². The number of ether oxygens (including phenoxy) is 1. The SMILES string of the molecule is CCN(C)C(=O)COc1cc(-c2c(Cl)c(C(F)(F)F)n(C)c2Cl)c(F)cc1Cl. The molecule has 0 bridgehead atoms. The van der Waals surface area contributed by atoms with Crippen molar-refractivity contribution in [2.24, 2.45) is 7.05 Å². The number of amides is 1. The third-order valence-corrected chi connectivity index (χ3v) is 5.18. The average Bonchev–Trinajstić information content (AvgIpc) is 2.82. The molecule has 0 N–H and O–H groups in total. The van der Waals surface area contributed by atoms with Gasteiger partial charge in [0.2, 0.25) is 0 Å². The zero-order chi connectivity index (χ0) is 21.4. The first kappa shape index (κ1) is 22.6. The number of halogens is 7. The summed E-state index contributed by atoms with van der Waals surface area (Å²) in [5, 5.41) is -1.33. The molecule has 0 saturated carbocycles. The molecule has 28 heavy (non-hydrogen) atoms. The van der Waals surface area contributed by atoms with Crippen LogP contribution < -0.4 is 4.74 Å². The van der Waals surface area contributed by atoms with E-state index in [2.05, 4.69) is 0 Å². The molecular weight excluding hydrogens is 447 g/mol. The van der Waals surface area contributed by atoms with E-state index in [1.807, 2.05) is 0 Å². The topological polar surface area (TPSA) is 34.5 Å². The van der Waals surface area contributed by atoms with Crippen molar-refractivity contribution in [3.05, 3.63) is 38.8 Å². The Bertz CT molecular complexity index is 913. The zero-order valence-corrected chi connectivity index (χ0v) is 17.2. The number of rotatable bonds is 5. The van der Waals surface area contributed by atoms with Crippen LogP contribution in [0.1, 0.15) is 12.6 Å². The van der Waals surface area contributed by atoms with Gasteiger partial charge < -0.3 is 14.2 Å². The molecule has 2 rings (SSSR count). The van der Waals surface area contributed by atoms with E-state index in [1.54, 1.807) is 14.0 Å². The third kappa shape index (κ3) is 4.34. The Morgan fingerprint density at radius 1 is 1.25 bits per heavy atom. The van der Waals surface area contributed by atoms with E-state index in [1.165, 1.54) is 4.90 Å². The highest BCUT2D eigenvalue weighted by molar-refractivity contribution is 6.40. The minimum absolute atomic E-state index is 0.0968. The Kier molecular flexibility index (Phi) is 6.78. The molecule has 0 aliphatic heterocycles. The van der Waals surface area contributed by atoms with Gasteiger partial charge in [-0.15, -0.1) is 0 Å². The number of benzene rings is 1. The molecule has 0 fully saturated rings. The molecule has 0 aliphatic carbocycles. The Morgan fingerprint density at radius 2 is 1.86 bits per heavy atom. The van der Waals surface area contributed by atoms with E-state index >= 15 is 0 Å². The summed E-state index contributed by atoms with van der Waals surface area (Å²) in [7, 11) is 2.62. The Morgan fingerprint density at radius 3 is 2.36 bits per heavy atom. The van der Waals surface area contributed by atoms with Crippen molar-refractivity contribution in [1.29, 1.82) is 0 Å². The first-order valence-corrected chi connectivity index (χ1v) is 9.00. The predicted molar refractivity (Wildman–Crippen MR) is 99.6 cm³/mol. The van der Waals surface area contributed by atoms with Gasteiger partial charge in [-0.2, -0.15) is 13.2 Å². The number of nitrogens with zero attached hydrogens (tertiary/aromatic N) is 2. The van der Waals surface area contributed by atoms with Gasteiger partial charge in [0.05, 0.1) is 10.0 Å². The highest BCUT2D eigenvalue weighted by atomic mass is 35.5. The molecule has 0 spiro atoms. The lowest BCUT2D eigenvalue weighted by Gasteiger charge is -2.16. The molecule has 0 saturated heterocycles. The highest BCUT2D eigenvalue weighted by Gasteiger charge is 2.40. The van der Waals surface area contributed by atoms with Crippen molar-refractivity contribution >= 4 is 40.7 Å². The van der Waals surface area contributed by atoms with Crippen LogP contribution in [-0.2, 0) is 18.0 Å². The number of hydrogen-bond acceptors (Lipinski definition) is 2. The van der Waals surface area contributed by atoms with Gasteiger partial charge in [0.25, 0.3) is 5.91 Å². The van der Waals surface area contributed by atoms with Crippen LogP contribution in [0.2, 0.25) is 15.2 Å². The fraction of sp³-hybridized carbons (Fsp3) is 0.353. The molecule has 4 nitrogen and oxygen atoms in total. The summed E-state index contributed by atoms with van der Waals surface area (Å²) in [5.41, 5.74) is -1.91. The molecule has 0 unspecified atom stereocenters. The summed E-state index contributed by atoms with van der Waals surface area (Å²) >= 11 is 17.8. The van der Waals surface area contributed by atoms with Crippen molar-refractivity contribution in [2.45, 2.75) is 13.1 Å². The van der Waals surface area contributed by atoms with E-state index in [9.17, 15) is 22.4 Å². The van der Waals surface area contributed by atoms with E-state index in [0.29, 0.717) is 11.1 Å². The average molecular weight is 462 g/mol. The fourth-order valence-electron chi connectivity index (χ4n) is 2.42. The van der Waals surface area contributed by atoms with Gasteiger partial charge in [0.1, 0.15) is 22.4 Å². The van der Waals surface area contributed by atoms with Crippen LogP contribution in [0.15, 0.2) is 12.1 Å². The number of aromatic nitrogens is 1. The fourth-order valence-corrected chi connectivity index (χ4v) is 3.38.